The number of amidine groups is 1. The van der Waals surface area contributed by atoms with E-state index in [9.17, 15) is 8.42 Å². The number of aryl methyl sites for hydroxylation is 3. The predicted molar refractivity (Wildman–Crippen MR) is 115 cm³/mol. The Hall–Kier alpha value is -1.79. The van der Waals surface area contributed by atoms with Crippen LogP contribution in [0.4, 0.5) is 5.69 Å². The van der Waals surface area contributed by atoms with Gasteiger partial charge < -0.3 is 4.90 Å². The first kappa shape index (κ1) is 18.6. The summed E-state index contributed by atoms with van der Waals surface area (Å²) in [6.07, 6.45) is 0. The zero-order valence-corrected chi connectivity index (χ0v) is 17.5. The second-order valence-electron chi connectivity index (χ2n) is 7.56. The van der Waals surface area contributed by atoms with Crippen LogP contribution in [-0.2, 0) is 15.6 Å². The number of thioether (sulfide) groups is 1. The molecule has 0 aromatic heterocycles. The van der Waals surface area contributed by atoms with Crippen molar-refractivity contribution in [1.29, 1.82) is 0 Å². The molecule has 1 fully saturated rings. The van der Waals surface area contributed by atoms with Crippen molar-refractivity contribution in [2.24, 2.45) is 4.99 Å². The molecule has 0 spiro atoms. The topological polar surface area (TPSA) is 49.7 Å². The molecule has 142 valence electrons. The van der Waals surface area contributed by atoms with Gasteiger partial charge in [-0.2, -0.15) is 0 Å². The van der Waals surface area contributed by atoms with E-state index in [-0.39, 0.29) is 23.6 Å². The first-order valence-electron chi connectivity index (χ1n) is 9.15. The highest BCUT2D eigenvalue weighted by Gasteiger charge is 2.47. The number of hydrogen-bond donors (Lipinski definition) is 0. The van der Waals surface area contributed by atoms with Crippen LogP contribution in [0.1, 0.15) is 22.3 Å². The molecule has 0 bridgehead atoms. The third-order valence-electron chi connectivity index (χ3n) is 5.18. The molecule has 0 saturated carbocycles. The summed E-state index contributed by atoms with van der Waals surface area (Å²) in [5.74, 6) is 1.17. The van der Waals surface area contributed by atoms with E-state index in [2.05, 4.69) is 68.1 Å². The Kier molecular flexibility index (Phi) is 4.80. The SMILES string of the molecule is Cc1cccc(CSC2=N[C@H]3CS(=O)(=O)C[C@H]3N2c2cc(C)ccc2C)c1. The van der Waals surface area contributed by atoms with Gasteiger partial charge in [-0.25, -0.2) is 8.42 Å². The van der Waals surface area contributed by atoms with Crippen LogP contribution in [0.15, 0.2) is 47.5 Å². The molecule has 0 unspecified atom stereocenters. The molecule has 2 atom stereocenters. The molecule has 2 aliphatic heterocycles. The van der Waals surface area contributed by atoms with E-state index in [1.165, 1.54) is 16.7 Å². The molecular formula is C21H24N2O2S2. The van der Waals surface area contributed by atoms with E-state index < -0.39 is 9.84 Å². The fourth-order valence-corrected chi connectivity index (χ4v) is 6.75. The van der Waals surface area contributed by atoms with Gasteiger partial charge >= 0.3 is 0 Å². The number of sulfone groups is 1. The largest absolute Gasteiger partial charge is 0.315 e. The molecule has 4 nitrogen and oxygen atoms in total. The van der Waals surface area contributed by atoms with Crippen LogP contribution in [0.25, 0.3) is 0 Å². The van der Waals surface area contributed by atoms with Crippen molar-refractivity contribution < 1.29 is 8.42 Å². The van der Waals surface area contributed by atoms with E-state index in [0.29, 0.717) is 0 Å². The number of benzene rings is 2. The van der Waals surface area contributed by atoms with E-state index in [4.69, 9.17) is 4.99 Å². The molecule has 2 aromatic carbocycles. The van der Waals surface area contributed by atoms with Crippen LogP contribution in [-0.4, -0.2) is 37.2 Å². The van der Waals surface area contributed by atoms with Gasteiger partial charge in [0.15, 0.2) is 15.0 Å². The van der Waals surface area contributed by atoms with Crippen LogP contribution >= 0.6 is 11.8 Å². The fraction of sp³-hybridized carbons (Fsp3) is 0.381. The van der Waals surface area contributed by atoms with Crippen molar-refractivity contribution in [2.75, 3.05) is 16.4 Å². The quantitative estimate of drug-likeness (QED) is 0.784. The molecule has 2 aromatic rings. The lowest BCUT2D eigenvalue weighted by atomic mass is 10.1. The van der Waals surface area contributed by atoms with Gasteiger partial charge in [-0.3, -0.25) is 4.99 Å². The first-order chi connectivity index (χ1) is 12.8. The standard InChI is InChI=1S/C21H24N2O2S2/c1-14-5-4-6-17(9-14)11-26-21-22-18-12-27(24,25)13-20(18)23(21)19-10-15(2)7-8-16(19)3/h4-10,18,20H,11-13H2,1-3H3/t18-,20+/m0/s1. The second-order valence-corrected chi connectivity index (χ2v) is 10.7. The Labute approximate surface area is 165 Å². The fourth-order valence-electron chi connectivity index (χ4n) is 3.84. The monoisotopic (exact) mass is 400 g/mol. The highest BCUT2D eigenvalue weighted by atomic mass is 32.2. The lowest BCUT2D eigenvalue weighted by Gasteiger charge is -2.28. The molecule has 0 aliphatic carbocycles. The summed E-state index contributed by atoms with van der Waals surface area (Å²) < 4.78 is 24.4. The lowest BCUT2D eigenvalue weighted by Crippen LogP contribution is -2.39. The summed E-state index contributed by atoms with van der Waals surface area (Å²) in [5.41, 5.74) is 5.90. The van der Waals surface area contributed by atoms with E-state index >= 15 is 0 Å². The molecular weight excluding hydrogens is 376 g/mol. The van der Waals surface area contributed by atoms with Crippen LogP contribution < -0.4 is 4.90 Å². The third kappa shape index (κ3) is 3.78. The van der Waals surface area contributed by atoms with E-state index in [1.54, 1.807) is 11.8 Å². The number of anilines is 1. The van der Waals surface area contributed by atoms with Crippen molar-refractivity contribution >= 4 is 32.5 Å². The average molecular weight is 401 g/mol. The van der Waals surface area contributed by atoms with Gasteiger partial charge in [-0.1, -0.05) is 53.7 Å². The maximum absolute atomic E-state index is 12.2. The van der Waals surface area contributed by atoms with Crippen LogP contribution in [0.2, 0.25) is 0 Å². The smallest absolute Gasteiger partial charge is 0.164 e. The van der Waals surface area contributed by atoms with Gasteiger partial charge in [0.25, 0.3) is 0 Å². The Bertz CT molecular complexity index is 1010. The molecule has 0 amide bonds. The lowest BCUT2D eigenvalue weighted by molar-refractivity contribution is 0.601. The van der Waals surface area contributed by atoms with Gasteiger partial charge in [-0.05, 0) is 43.5 Å². The Morgan fingerprint density at radius 2 is 1.85 bits per heavy atom. The normalized spacial score (nSPS) is 23.4. The highest BCUT2D eigenvalue weighted by Crippen LogP contribution is 2.37. The maximum Gasteiger partial charge on any atom is 0.164 e. The summed E-state index contributed by atoms with van der Waals surface area (Å²) in [5, 5.41) is 0.940. The van der Waals surface area contributed by atoms with Gasteiger partial charge in [-0.15, -0.1) is 0 Å². The molecule has 4 rings (SSSR count). The Morgan fingerprint density at radius 3 is 2.63 bits per heavy atom. The number of rotatable bonds is 3. The van der Waals surface area contributed by atoms with Crippen molar-refractivity contribution in [2.45, 2.75) is 38.6 Å². The van der Waals surface area contributed by atoms with Crippen LogP contribution in [0.5, 0.6) is 0 Å². The first-order valence-corrected chi connectivity index (χ1v) is 12.0. The Morgan fingerprint density at radius 1 is 1.07 bits per heavy atom. The zero-order chi connectivity index (χ0) is 19.2. The van der Waals surface area contributed by atoms with Crippen molar-refractivity contribution in [1.82, 2.24) is 0 Å². The van der Waals surface area contributed by atoms with Gasteiger partial charge in [0.05, 0.1) is 23.6 Å². The number of fused-ring (bicyclic) bond motifs is 1. The highest BCUT2D eigenvalue weighted by molar-refractivity contribution is 8.13. The number of hydrogen-bond acceptors (Lipinski definition) is 5. The predicted octanol–water partition coefficient (Wildman–Crippen LogP) is 3.89. The van der Waals surface area contributed by atoms with Crippen LogP contribution in [0.3, 0.4) is 0 Å². The summed E-state index contributed by atoms with van der Waals surface area (Å²) in [6, 6.07) is 14.6. The zero-order valence-electron chi connectivity index (χ0n) is 15.8. The summed E-state index contributed by atoms with van der Waals surface area (Å²) in [6.45, 7) is 6.24. The number of nitrogens with zero attached hydrogens (tertiary/aromatic N) is 2. The van der Waals surface area contributed by atoms with Crippen LogP contribution in [0, 0.1) is 20.8 Å². The minimum atomic E-state index is -3.02. The van der Waals surface area contributed by atoms with Gasteiger partial charge in [0.2, 0.25) is 0 Å². The second kappa shape index (κ2) is 6.99. The molecule has 0 radical (unpaired) electrons. The van der Waals surface area contributed by atoms with Gasteiger partial charge in [0.1, 0.15) is 0 Å². The molecule has 6 heteroatoms. The maximum atomic E-state index is 12.2. The average Bonchev–Trinajstić information content (AvgIpc) is 3.06. The van der Waals surface area contributed by atoms with Crippen molar-refractivity contribution in [3.8, 4) is 0 Å². The molecule has 0 N–H and O–H groups in total. The minimum absolute atomic E-state index is 0.0875. The van der Waals surface area contributed by atoms with Crippen molar-refractivity contribution in [3.05, 3.63) is 64.7 Å². The summed E-state index contributed by atoms with van der Waals surface area (Å²) >= 11 is 1.70. The van der Waals surface area contributed by atoms with E-state index in [1.807, 2.05) is 0 Å². The molecule has 1 saturated heterocycles. The van der Waals surface area contributed by atoms with E-state index in [0.717, 1.165) is 22.2 Å². The van der Waals surface area contributed by atoms with Gasteiger partial charge in [0, 0.05) is 11.4 Å². The van der Waals surface area contributed by atoms with Crippen molar-refractivity contribution in [3.63, 3.8) is 0 Å². The third-order valence-corrected chi connectivity index (χ3v) is 7.92. The molecule has 27 heavy (non-hydrogen) atoms. The minimum Gasteiger partial charge on any atom is -0.315 e. The molecule has 2 heterocycles. The molecule has 2 aliphatic rings. The Balaban J connectivity index is 1.66. The summed E-state index contributed by atoms with van der Waals surface area (Å²) in [4.78, 5) is 7.02. The summed E-state index contributed by atoms with van der Waals surface area (Å²) in [7, 11) is -3.02. The number of aliphatic imine (C=N–C) groups is 1.